The summed E-state index contributed by atoms with van der Waals surface area (Å²) in [6, 6.07) is 21.6. The van der Waals surface area contributed by atoms with Gasteiger partial charge in [0.15, 0.2) is 6.73 Å². The third kappa shape index (κ3) is 2.59. The van der Waals surface area contributed by atoms with Crippen LogP contribution in [-0.2, 0) is 11.5 Å². The normalized spacial score (nSPS) is 11.4. The molecular weight excluding hydrogens is 408 g/mol. The lowest BCUT2D eigenvalue weighted by molar-refractivity contribution is 0.116. The molecule has 0 aliphatic carbocycles. The number of para-hydroxylation sites is 2. The van der Waals surface area contributed by atoms with Crippen LogP contribution in [0.3, 0.4) is 0 Å². The fourth-order valence-electron chi connectivity index (χ4n) is 3.36. The maximum atomic E-state index is 12.6. The number of hydrogen-bond acceptors (Lipinski definition) is 4. The molecule has 5 rings (SSSR count). The van der Waals surface area contributed by atoms with Gasteiger partial charge in [0.1, 0.15) is 11.0 Å². The molecule has 0 bridgehead atoms. The first-order chi connectivity index (χ1) is 13.2. The van der Waals surface area contributed by atoms with Crippen LogP contribution in [0.15, 0.2) is 71.2 Å². The predicted octanol–water partition coefficient (Wildman–Crippen LogP) is 4.94. The van der Waals surface area contributed by atoms with Crippen LogP contribution in [0.1, 0.15) is 0 Å². The van der Waals surface area contributed by atoms with E-state index in [0.29, 0.717) is 11.0 Å². The summed E-state index contributed by atoms with van der Waals surface area (Å²) < 4.78 is 9.59. The van der Waals surface area contributed by atoms with E-state index in [2.05, 4.69) is 38.4 Å². The first-order valence-corrected chi connectivity index (χ1v) is 9.16. The number of fused-ring (bicyclic) bond motifs is 4. The minimum absolute atomic E-state index is 0.0880. The molecule has 6 nitrogen and oxygen atoms in total. The molecule has 132 valence electrons. The van der Waals surface area contributed by atoms with Gasteiger partial charge in [0.25, 0.3) is 0 Å². The average molecular weight is 421 g/mol. The molecule has 0 saturated carbocycles. The minimum Gasteiger partial charge on any atom is -0.426 e. The van der Waals surface area contributed by atoms with E-state index in [1.165, 1.54) is 4.68 Å². The molecule has 0 amide bonds. The largest absolute Gasteiger partial charge is 0.438 e. The predicted molar refractivity (Wildman–Crippen MR) is 107 cm³/mol. The fraction of sp³-hybridized carbons (Fsp3) is 0.0500. The van der Waals surface area contributed by atoms with Gasteiger partial charge in [-0.2, -0.15) is 0 Å². The van der Waals surface area contributed by atoms with Crippen LogP contribution in [-0.4, -0.2) is 25.7 Å². The van der Waals surface area contributed by atoms with Crippen molar-refractivity contribution in [2.75, 3.05) is 0 Å². The number of carbonyl (C=O) groups is 1. The zero-order valence-corrected chi connectivity index (χ0v) is 15.6. The van der Waals surface area contributed by atoms with Crippen molar-refractivity contribution in [1.29, 1.82) is 0 Å². The fourth-order valence-corrected chi connectivity index (χ4v) is 3.70. The van der Waals surface area contributed by atoms with Crippen molar-refractivity contribution in [2.45, 2.75) is 6.73 Å². The summed E-state index contributed by atoms with van der Waals surface area (Å²) in [4.78, 5) is 12.6. The lowest BCUT2D eigenvalue weighted by atomic mass is 10.2. The maximum absolute atomic E-state index is 12.6. The zero-order chi connectivity index (χ0) is 18.4. The molecule has 0 atom stereocenters. The standard InChI is InChI=1S/C20H13BrN4O2/c21-13-9-10-19-16(11-13)22-23-25(19)20(26)27-12-24-17-7-3-1-5-14(17)15-6-2-4-8-18(15)24/h1-11H,12H2. The van der Waals surface area contributed by atoms with Gasteiger partial charge in [0.2, 0.25) is 0 Å². The van der Waals surface area contributed by atoms with E-state index in [1.807, 2.05) is 47.0 Å². The first-order valence-electron chi connectivity index (χ1n) is 8.36. The molecule has 2 aromatic heterocycles. The van der Waals surface area contributed by atoms with Crippen molar-refractivity contribution >= 4 is 54.9 Å². The first kappa shape index (κ1) is 16.0. The van der Waals surface area contributed by atoms with Crippen LogP contribution < -0.4 is 0 Å². The van der Waals surface area contributed by atoms with Gasteiger partial charge in [0.05, 0.1) is 11.0 Å². The molecule has 5 aromatic rings. The Kier molecular flexibility index (Phi) is 3.68. The Morgan fingerprint density at radius 3 is 2.30 bits per heavy atom. The van der Waals surface area contributed by atoms with Crippen molar-refractivity contribution in [3.8, 4) is 0 Å². The van der Waals surface area contributed by atoms with E-state index in [-0.39, 0.29) is 6.73 Å². The van der Waals surface area contributed by atoms with E-state index in [9.17, 15) is 4.79 Å². The molecule has 0 unspecified atom stereocenters. The number of nitrogens with zero attached hydrogens (tertiary/aromatic N) is 4. The molecule has 0 radical (unpaired) electrons. The van der Waals surface area contributed by atoms with Crippen LogP contribution in [0.25, 0.3) is 32.8 Å². The molecule has 27 heavy (non-hydrogen) atoms. The van der Waals surface area contributed by atoms with Crippen molar-refractivity contribution in [3.63, 3.8) is 0 Å². The summed E-state index contributed by atoms with van der Waals surface area (Å²) >= 11 is 3.38. The Hall–Kier alpha value is -3.19. The van der Waals surface area contributed by atoms with Crippen molar-refractivity contribution in [1.82, 2.24) is 19.6 Å². The van der Waals surface area contributed by atoms with Gasteiger partial charge < -0.3 is 9.30 Å². The van der Waals surface area contributed by atoms with Gasteiger partial charge in [-0.3, -0.25) is 0 Å². The van der Waals surface area contributed by atoms with Gasteiger partial charge in [-0.25, -0.2) is 4.79 Å². The second-order valence-corrected chi connectivity index (χ2v) is 7.05. The van der Waals surface area contributed by atoms with E-state index in [1.54, 1.807) is 12.1 Å². The monoisotopic (exact) mass is 420 g/mol. The van der Waals surface area contributed by atoms with Gasteiger partial charge in [-0.05, 0) is 30.3 Å². The Morgan fingerprint density at radius 2 is 1.59 bits per heavy atom. The molecule has 0 saturated heterocycles. The molecular formula is C20H13BrN4O2. The molecule has 2 heterocycles. The average Bonchev–Trinajstić information content (AvgIpc) is 3.25. The molecule has 0 fully saturated rings. The maximum Gasteiger partial charge on any atom is 0.438 e. The van der Waals surface area contributed by atoms with E-state index in [0.717, 1.165) is 26.3 Å². The third-order valence-corrected chi connectivity index (χ3v) is 5.07. The molecule has 0 aliphatic rings. The second-order valence-electron chi connectivity index (χ2n) is 6.14. The summed E-state index contributed by atoms with van der Waals surface area (Å²) in [5.41, 5.74) is 3.25. The number of rotatable bonds is 2. The molecule has 7 heteroatoms. The number of benzene rings is 3. The Labute approximate surface area is 162 Å². The van der Waals surface area contributed by atoms with Crippen molar-refractivity contribution in [3.05, 3.63) is 71.2 Å². The summed E-state index contributed by atoms with van der Waals surface area (Å²) in [7, 11) is 0. The van der Waals surface area contributed by atoms with E-state index < -0.39 is 6.09 Å². The third-order valence-electron chi connectivity index (χ3n) is 4.58. The number of hydrogen-bond donors (Lipinski definition) is 0. The van der Waals surface area contributed by atoms with Crippen LogP contribution in [0.2, 0.25) is 0 Å². The highest BCUT2D eigenvalue weighted by Gasteiger charge is 2.15. The number of ether oxygens (including phenoxy) is 1. The van der Waals surface area contributed by atoms with Gasteiger partial charge >= 0.3 is 6.09 Å². The summed E-state index contributed by atoms with van der Waals surface area (Å²) in [6.45, 7) is 0.0880. The molecule has 0 spiro atoms. The number of halogens is 1. The Bertz CT molecular complexity index is 1270. The highest BCUT2D eigenvalue weighted by Crippen LogP contribution is 2.28. The lowest BCUT2D eigenvalue weighted by Crippen LogP contribution is -2.17. The Morgan fingerprint density at radius 1 is 0.926 bits per heavy atom. The van der Waals surface area contributed by atoms with Gasteiger partial charge in [-0.1, -0.05) is 57.5 Å². The highest BCUT2D eigenvalue weighted by atomic mass is 79.9. The highest BCUT2D eigenvalue weighted by molar-refractivity contribution is 9.10. The number of carbonyl (C=O) groups excluding carboxylic acids is 1. The lowest BCUT2D eigenvalue weighted by Gasteiger charge is -2.08. The van der Waals surface area contributed by atoms with E-state index >= 15 is 0 Å². The Balaban J connectivity index is 1.51. The summed E-state index contributed by atoms with van der Waals surface area (Å²) in [5.74, 6) is 0. The van der Waals surface area contributed by atoms with Crippen molar-refractivity contribution < 1.29 is 9.53 Å². The van der Waals surface area contributed by atoms with Gasteiger partial charge in [0, 0.05) is 15.2 Å². The topological polar surface area (TPSA) is 61.9 Å². The van der Waals surface area contributed by atoms with Crippen LogP contribution in [0.5, 0.6) is 0 Å². The smallest absolute Gasteiger partial charge is 0.426 e. The zero-order valence-electron chi connectivity index (χ0n) is 14.0. The molecule has 3 aromatic carbocycles. The SMILES string of the molecule is O=C(OCn1c2ccccc2c2ccccc21)n1nnc2cc(Br)ccc21. The summed E-state index contributed by atoms with van der Waals surface area (Å²) in [5, 5.41) is 10.2. The minimum atomic E-state index is -0.568. The second kappa shape index (κ2) is 6.21. The van der Waals surface area contributed by atoms with Crippen LogP contribution in [0.4, 0.5) is 4.79 Å². The number of aromatic nitrogens is 4. The van der Waals surface area contributed by atoms with Gasteiger partial charge in [-0.15, -0.1) is 9.78 Å². The van der Waals surface area contributed by atoms with Crippen LogP contribution in [0, 0.1) is 0 Å². The molecule has 0 aliphatic heterocycles. The molecule has 0 N–H and O–H groups in total. The van der Waals surface area contributed by atoms with E-state index in [4.69, 9.17) is 4.74 Å². The summed E-state index contributed by atoms with van der Waals surface area (Å²) in [6.07, 6.45) is -0.568. The quantitative estimate of drug-likeness (QED) is 0.405. The van der Waals surface area contributed by atoms with Crippen LogP contribution >= 0.6 is 15.9 Å². The van der Waals surface area contributed by atoms with Crippen molar-refractivity contribution in [2.24, 2.45) is 0 Å².